The molecule has 2 fully saturated rings. The molecule has 0 radical (unpaired) electrons. The van der Waals surface area contributed by atoms with E-state index >= 15 is 0 Å². The Hall–Kier alpha value is -3.57. The minimum Gasteiger partial charge on any atom is -0.367 e. The Kier molecular flexibility index (Phi) is 5.37. The van der Waals surface area contributed by atoms with Gasteiger partial charge in [0.05, 0.1) is 5.52 Å². The summed E-state index contributed by atoms with van der Waals surface area (Å²) in [6.07, 6.45) is 7.94. The van der Waals surface area contributed by atoms with Crippen LogP contribution in [-0.4, -0.2) is 56.0 Å². The van der Waals surface area contributed by atoms with Crippen LogP contribution in [0.2, 0.25) is 0 Å². The highest BCUT2D eigenvalue weighted by Gasteiger charge is 2.47. The maximum absolute atomic E-state index is 13.3. The van der Waals surface area contributed by atoms with Crippen molar-refractivity contribution in [3.8, 4) is 0 Å². The summed E-state index contributed by atoms with van der Waals surface area (Å²) in [5, 5.41) is 14.9. The minimum atomic E-state index is -3.57. The lowest BCUT2D eigenvalue weighted by Crippen LogP contribution is -2.49. The molecule has 35 heavy (non-hydrogen) atoms. The number of aromatic nitrogens is 5. The maximum atomic E-state index is 13.3. The van der Waals surface area contributed by atoms with Crippen LogP contribution in [-0.2, 0) is 10.0 Å². The first kappa shape index (κ1) is 21.9. The lowest BCUT2D eigenvalue weighted by molar-refractivity contribution is 0.234. The molecule has 3 N–H and O–H groups in total. The highest BCUT2D eigenvalue weighted by molar-refractivity contribution is 7.89. The number of nitrogens with zero attached hydrogens (tertiary/aromatic N) is 5. The fourth-order valence-corrected chi connectivity index (χ4v) is 7.18. The number of piperidine rings is 1. The number of aromatic amines is 1. The molecule has 2 aliphatic heterocycles. The van der Waals surface area contributed by atoms with Gasteiger partial charge in [-0.05, 0) is 56.9 Å². The Balaban J connectivity index is 1.26. The lowest BCUT2D eigenvalue weighted by Gasteiger charge is -2.38. The van der Waals surface area contributed by atoms with Gasteiger partial charge in [0.25, 0.3) is 0 Å². The van der Waals surface area contributed by atoms with Crippen molar-refractivity contribution in [3.05, 3.63) is 60.7 Å². The monoisotopic (exact) mass is 490 g/mol. The first-order valence-corrected chi connectivity index (χ1v) is 13.2. The van der Waals surface area contributed by atoms with Gasteiger partial charge in [-0.15, -0.1) is 0 Å². The third-order valence-electron chi connectivity index (χ3n) is 6.78. The van der Waals surface area contributed by atoms with Crippen molar-refractivity contribution in [2.75, 3.05) is 10.6 Å². The molecule has 0 spiro atoms. The average molecular weight is 491 g/mol. The van der Waals surface area contributed by atoms with Crippen LogP contribution >= 0.6 is 0 Å². The number of fused-ring (bicyclic) bond motifs is 3. The Labute approximate surface area is 203 Å². The number of hydrogen-bond donors (Lipinski definition) is 3. The molecule has 0 aliphatic carbocycles. The van der Waals surface area contributed by atoms with Crippen molar-refractivity contribution < 1.29 is 8.42 Å². The van der Waals surface area contributed by atoms with Crippen LogP contribution in [0.25, 0.3) is 10.9 Å². The zero-order valence-corrected chi connectivity index (χ0v) is 20.0. The standard InChI is InChI=1S/C24H26N8O2S/c1-15-10-23(31-30-15)28-22-13-21-20(5-3-9-26-21)24(29-22)27-16-11-17-6-7-18(12-16)32(17)35(33,34)19-4-2-8-25-14-19/h2-5,8-10,13-14,16-18H,6-7,11-12H2,1H3,(H3,27,28,29,30,31)/t16?,17-,18+. The molecule has 2 aliphatic rings. The molecule has 10 nitrogen and oxygen atoms in total. The second-order valence-electron chi connectivity index (χ2n) is 9.21. The van der Waals surface area contributed by atoms with E-state index < -0.39 is 10.0 Å². The molecule has 2 saturated heterocycles. The predicted molar refractivity (Wildman–Crippen MR) is 133 cm³/mol. The summed E-state index contributed by atoms with van der Waals surface area (Å²) < 4.78 is 28.4. The molecule has 1 unspecified atom stereocenters. The van der Waals surface area contributed by atoms with E-state index in [2.05, 4.69) is 30.8 Å². The van der Waals surface area contributed by atoms with Crippen LogP contribution in [0.15, 0.2) is 59.9 Å². The van der Waals surface area contributed by atoms with E-state index in [0.29, 0.717) is 11.6 Å². The van der Waals surface area contributed by atoms with Gasteiger partial charge in [-0.3, -0.25) is 15.1 Å². The number of aryl methyl sites for hydroxylation is 1. The topological polar surface area (TPSA) is 129 Å². The van der Waals surface area contributed by atoms with Gasteiger partial charge in [0.1, 0.15) is 16.5 Å². The summed E-state index contributed by atoms with van der Waals surface area (Å²) in [6.45, 7) is 1.94. The molecule has 4 aromatic heterocycles. The number of pyridine rings is 3. The molecule has 2 bridgehead atoms. The van der Waals surface area contributed by atoms with Crippen molar-refractivity contribution in [1.29, 1.82) is 0 Å². The normalized spacial score (nSPS) is 22.4. The Bertz CT molecular complexity index is 1460. The van der Waals surface area contributed by atoms with Gasteiger partial charge in [0, 0.05) is 59.9 Å². The second kappa shape index (κ2) is 8.58. The largest absolute Gasteiger partial charge is 0.367 e. The molecule has 4 aromatic rings. The van der Waals surface area contributed by atoms with Crippen molar-refractivity contribution in [2.45, 2.75) is 55.6 Å². The second-order valence-corrected chi connectivity index (χ2v) is 11.1. The third-order valence-corrected chi connectivity index (χ3v) is 8.77. The molecular formula is C24H26N8O2S. The zero-order chi connectivity index (χ0) is 24.0. The van der Waals surface area contributed by atoms with Gasteiger partial charge in [0.2, 0.25) is 10.0 Å². The van der Waals surface area contributed by atoms with E-state index in [0.717, 1.165) is 48.1 Å². The Morgan fingerprint density at radius 2 is 1.86 bits per heavy atom. The molecule has 0 aromatic carbocycles. The fraction of sp³-hybridized carbons (Fsp3) is 0.333. The van der Waals surface area contributed by atoms with Crippen molar-refractivity contribution in [2.24, 2.45) is 0 Å². The van der Waals surface area contributed by atoms with Gasteiger partial charge >= 0.3 is 0 Å². The first-order chi connectivity index (χ1) is 17.0. The molecule has 6 rings (SSSR count). The molecule has 0 amide bonds. The van der Waals surface area contributed by atoms with Crippen LogP contribution in [0.4, 0.5) is 17.5 Å². The van der Waals surface area contributed by atoms with E-state index in [1.165, 1.54) is 6.20 Å². The minimum absolute atomic E-state index is 0.0471. The summed E-state index contributed by atoms with van der Waals surface area (Å²) in [7, 11) is -3.57. The van der Waals surface area contributed by atoms with E-state index in [9.17, 15) is 8.42 Å². The van der Waals surface area contributed by atoms with Gasteiger partial charge in [-0.1, -0.05) is 0 Å². The summed E-state index contributed by atoms with van der Waals surface area (Å²) in [5.74, 6) is 2.06. The fourth-order valence-electron chi connectivity index (χ4n) is 5.32. The predicted octanol–water partition coefficient (Wildman–Crippen LogP) is 3.60. The van der Waals surface area contributed by atoms with Gasteiger partial charge in [-0.2, -0.15) is 9.40 Å². The number of nitrogens with one attached hydrogen (secondary N) is 3. The average Bonchev–Trinajstić information content (AvgIpc) is 3.39. The number of H-pyrrole nitrogens is 1. The van der Waals surface area contributed by atoms with Crippen LogP contribution < -0.4 is 10.6 Å². The summed E-state index contributed by atoms with van der Waals surface area (Å²) >= 11 is 0. The summed E-state index contributed by atoms with van der Waals surface area (Å²) in [6, 6.07) is 11.0. The van der Waals surface area contributed by atoms with Crippen molar-refractivity contribution in [1.82, 2.24) is 29.5 Å². The van der Waals surface area contributed by atoms with Gasteiger partial charge in [-0.25, -0.2) is 13.4 Å². The Morgan fingerprint density at radius 3 is 2.57 bits per heavy atom. The number of anilines is 3. The SMILES string of the molecule is Cc1cc(Nc2cc3ncccc3c(NC3C[C@H]4CC[C@@H](C3)N4S(=O)(=O)c3cccnc3)n2)n[nH]1. The number of hydrogen-bond acceptors (Lipinski definition) is 8. The maximum Gasteiger partial charge on any atom is 0.245 e. The molecule has 0 saturated carbocycles. The van der Waals surface area contributed by atoms with Crippen LogP contribution in [0.5, 0.6) is 0 Å². The van der Waals surface area contributed by atoms with Crippen LogP contribution in [0.3, 0.4) is 0 Å². The number of sulfonamides is 1. The van der Waals surface area contributed by atoms with Gasteiger partial charge < -0.3 is 10.6 Å². The highest BCUT2D eigenvalue weighted by Crippen LogP contribution is 2.41. The van der Waals surface area contributed by atoms with Gasteiger partial charge in [0.15, 0.2) is 5.82 Å². The van der Waals surface area contributed by atoms with E-state index in [1.807, 2.05) is 31.2 Å². The molecule has 11 heteroatoms. The smallest absolute Gasteiger partial charge is 0.245 e. The molecular weight excluding hydrogens is 464 g/mol. The van der Waals surface area contributed by atoms with E-state index in [1.54, 1.807) is 28.8 Å². The van der Waals surface area contributed by atoms with Crippen LogP contribution in [0, 0.1) is 6.92 Å². The van der Waals surface area contributed by atoms with Crippen molar-refractivity contribution >= 4 is 38.4 Å². The summed E-state index contributed by atoms with van der Waals surface area (Å²) in [5.41, 5.74) is 1.77. The molecule has 180 valence electrons. The summed E-state index contributed by atoms with van der Waals surface area (Å²) in [4.78, 5) is 13.6. The van der Waals surface area contributed by atoms with Crippen molar-refractivity contribution in [3.63, 3.8) is 0 Å². The lowest BCUT2D eigenvalue weighted by atomic mass is 9.99. The quantitative estimate of drug-likeness (QED) is 0.374. The molecule has 6 heterocycles. The highest BCUT2D eigenvalue weighted by atomic mass is 32.2. The first-order valence-electron chi connectivity index (χ1n) is 11.7. The van der Waals surface area contributed by atoms with Crippen LogP contribution in [0.1, 0.15) is 31.4 Å². The Morgan fingerprint density at radius 1 is 1.06 bits per heavy atom. The molecule has 3 atom stereocenters. The van der Waals surface area contributed by atoms with E-state index in [-0.39, 0.29) is 23.0 Å². The van der Waals surface area contributed by atoms with E-state index in [4.69, 9.17) is 4.98 Å². The number of rotatable bonds is 6. The zero-order valence-electron chi connectivity index (χ0n) is 19.2. The third kappa shape index (κ3) is 4.10.